The Kier molecular flexibility index (Phi) is 3.86. The highest BCUT2D eigenvalue weighted by atomic mass is 16.4. The van der Waals surface area contributed by atoms with Crippen molar-refractivity contribution in [1.29, 1.82) is 0 Å². The maximum absolute atomic E-state index is 12.8. The maximum Gasteiger partial charge on any atom is 0.325 e. The second kappa shape index (κ2) is 6.06. The molecule has 0 bridgehead atoms. The third kappa shape index (κ3) is 2.73. The lowest BCUT2D eigenvalue weighted by Crippen LogP contribution is -2.35. The molecule has 1 N–H and O–H groups in total. The van der Waals surface area contributed by atoms with E-state index in [0.717, 1.165) is 60.5 Å². The van der Waals surface area contributed by atoms with E-state index in [2.05, 4.69) is 5.10 Å². The summed E-state index contributed by atoms with van der Waals surface area (Å²) in [4.78, 5) is 25.6. The predicted octanol–water partition coefficient (Wildman–Crippen LogP) is 2.26. The van der Waals surface area contributed by atoms with E-state index >= 15 is 0 Å². The van der Waals surface area contributed by atoms with Crippen LogP contribution in [-0.4, -0.2) is 44.8 Å². The van der Waals surface area contributed by atoms with Crippen LogP contribution in [0.15, 0.2) is 10.6 Å². The van der Waals surface area contributed by atoms with Gasteiger partial charge in [-0.25, -0.2) is 0 Å². The Labute approximate surface area is 145 Å². The smallest absolute Gasteiger partial charge is 0.325 e. The molecule has 132 valence electrons. The summed E-state index contributed by atoms with van der Waals surface area (Å²) in [7, 11) is 0. The average Bonchev–Trinajstić information content (AvgIpc) is 3.14. The van der Waals surface area contributed by atoms with Gasteiger partial charge >= 0.3 is 5.97 Å². The van der Waals surface area contributed by atoms with E-state index in [1.165, 1.54) is 11.1 Å². The Morgan fingerprint density at radius 3 is 2.72 bits per heavy atom. The molecule has 4 rings (SSSR count). The predicted molar refractivity (Wildman–Crippen MR) is 89.5 cm³/mol. The van der Waals surface area contributed by atoms with Crippen LogP contribution < -0.4 is 0 Å². The fraction of sp³-hybridized carbons (Fsp3) is 0.500. The zero-order chi connectivity index (χ0) is 17.6. The summed E-state index contributed by atoms with van der Waals surface area (Å²) in [6.45, 7) is 3.29. The molecule has 1 saturated heterocycles. The van der Waals surface area contributed by atoms with Gasteiger partial charge < -0.3 is 14.4 Å². The average molecular weight is 343 g/mol. The number of amides is 1. The van der Waals surface area contributed by atoms with Gasteiger partial charge in [0.05, 0.1) is 5.69 Å². The van der Waals surface area contributed by atoms with Crippen LogP contribution >= 0.6 is 0 Å². The lowest BCUT2D eigenvalue weighted by atomic mass is 9.93. The first-order valence-corrected chi connectivity index (χ1v) is 8.74. The van der Waals surface area contributed by atoms with Crippen LogP contribution in [0, 0.1) is 6.92 Å². The zero-order valence-electron chi connectivity index (χ0n) is 14.2. The van der Waals surface area contributed by atoms with Crippen LogP contribution in [0.3, 0.4) is 0 Å². The standard InChI is InChI=1S/C18H21N3O4/c1-11-15-13(25-17(11)18(24)20-7-3-2-4-8-20)6-5-12-9-21(10-14(22)23)19-16(12)15/h9H,2-8,10H2,1H3,(H,22,23). The molecule has 2 aromatic rings. The van der Waals surface area contributed by atoms with E-state index in [9.17, 15) is 9.59 Å². The maximum atomic E-state index is 12.8. The van der Waals surface area contributed by atoms with Gasteiger partial charge in [0.2, 0.25) is 0 Å². The molecule has 2 aromatic heterocycles. The Bertz CT molecular complexity index is 843. The number of likely N-dealkylation sites (tertiary alicyclic amines) is 1. The highest BCUT2D eigenvalue weighted by Gasteiger charge is 2.31. The highest BCUT2D eigenvalue weighted by Crippen LogP contribution is 2.38. The number of hydrogen-bond acceptors (Lipinski definition) is 4. The molecular weight excluding hydrogens is 322 g/mol. The summed E-state index contributed by atoms with van der Waals surface area (Å²) in [5, 5.41) is 13.4. The molecule has 25 heavy (non-hydrogen) atoms. The number of hydrogen-bond donors (Lipinski definition) is 1. The molecule has 0 radical (unpaired) electrons. The van der Waals surface area contributed by atoms with Gasteiger partial charge in [-0.15, -0.1) is 0 Å². The number of carbonyl (C=O) groups is 2. The number of carboxylic acid groups (broad SMARTS) is 1. The Morgan fingerprint density at radius 1 is 1.24 bits per heavy atom. The van der Waals surface area contributed by atoms with Crippen molar-refractivity contribution in [2.24, 2.45) is 0 Å². The molecule has 1 aliphatic carbocycles. The number of piperidine rings is 1. The molecule has 1 fully saturated rings. The quantitative estimate of drug-likeness (QED) is 0.923. The van der Waals surface area contributed by atoms with Crippen molar-refractivity contribution in [3.63, 3.8) is 0 Å². The summed E-state index contributed by atoms with van der Waals surface area (Å²) >= 11 is 0. The van der Waals surface area contributed by atoms with Crippen molar-refractivity contribution in [1.82, 2.24) is 14.7 Å². The van der Waals surface area contributed by atoms with Crippen LogP contribution in [0.25, 0.3) is 11.3 Å². The molecule has 1 amide bonds. The van der Waals surface area contributed by atoms with Crippen LogP contribution in [0.4, 0.5) is 0 Å². The number of fused-ring (bicyclic) bond motifs is 3. The van der Waals surface area contributed by atoms with Crippen molar-refractivity contribution in [3.8, 4) is 11.3 Å². The molecule has 0 unspecified atom stereocenters. The third-order valence-corrected chi connectivity index (χ3v) is 5.05. The van der Waals surface area contributed by atoms with Gasteiger partial charge in [-0.1, -0.05) is 0 Å². The van der Waals surface area contributed by atoms with Gasteiger partial charge in [0.15, 0.2) is 5.76 Å². The van der Waals surface area contributed by atoms with Crippen molar-refractivity contribution in [3.05, 3.63) is 28.8 Å². The molecule has 0 saturated carbocycles. The van der Waals surface area contributed by atoms with Gasteiger partial charge in [-0.05, 0) is 38.2 Å². The highest BCUT2D eigenvalue weighted by molar-refractivity contribution is 5.95. The topological polar surface area (TPSA) is 88.6 Å². The van der Waals surface area contributed by atoms with E-state index in [-0.39, 0.29) is 12.5 Å². The first-order valence-electron chi connectivity index (χ1n) is 8.74. The molecular formula is C18H21N3O4. The number of aliphatic carboxylic acids is 1. The van der Waals surface area contributed by atoms with Crippen molar-refractivity contribution in [2.75, 3.05) is 13.1 Å². The molecule has 3 heterocycles. The Hall–Kier alpha value is -2.57. The van der Waals surface area contributed by atoms with Crippen molar-refractivity contribution >= 4 is 11.9 Å². The number of furan rings is 1. The molecule has 0 spiro atoms. The second-order valence-electron chi connectivity index (χ2n) is 6.80. The van der Waals surface area contributed by atoms with E-state index < -0.39 is 5.97 Å². The molecule has 7 nitrogen and oxygen atoms in total. The normalized spacial score (nSPS) is 16.4. The van der Waals surface area contributed by atoms with Crippen LogP contribution in [0.2, 0.25) is 0 Å². The summed E-state index contributed by atoms with van der Waals surface area (Å²) in [5.41, 5.74) is 3.44. The van der Waals surface area contributed by atoms with Gasteiger partial charge in [0.25, 0.3) is 5.91 Å². The molecule has 0 atom stereocenters. The van der Waals surface area contributed by atoms with E-state index in [0.29, 0.717) is 12.2 Å². The number of carbonyl (C=O) groups excluding carboxylic acids is 1. The summed E-state index contributed by atoms with van der Waals surface area (Å²) in [6.07, 6.45) is 6.47. The molecule has 7 heteroatoms. The summed E-state index contributed by atoms with van der Waals surface area (Å²) in [6, 6.07) is 0. The van der Waals surface area contributed by atoms with Crippen molar-refractivity contribution < 1.29 is 19.1 Å². The summed E-state index contributed by atoms with van der Waals surface area (Å²) < 4.78 is 7.39. The first-order chi connectivity index (χ1) is 12.0. The number of rotatable bonds is 3. The van der Waals surface area contributed by atoms with E-state index in [4.69, 9.17) is 9.52 Å². The van der Waals surface area contributed by atoms with Crippen LogP contribution in [-0.2, 0) is 24.2 Å². The van der Waals surface area contributed by atoms with E-state index in [1.54, 1.807) is 6.20 Å². The van der Waals surface area contributed by atoms with Gasteiger partial charge in [-0.2, -0.15) is 5.10 Å². The Morgan fingerprint density at radius 2 is 2.00 bits per heavy atom. The lowest BCUT2D eigenvalue weighted by Gasteiger charge is -2.25. The van der Waals surface area contributed by atoms with Gasteiger partial charge in [0, 0.05) is 36.8 Å². The van der Waals surface area contributed by atoms with E-state index in [1.807, 2.05) is 11.8 Å². The summed E-state index contributed by atoms with van der Waals surface area (Å²) in [5.74, 6) is 0.224. The minimum absolute atomic E-state index is 0.0434. The fourth-order valence-electron chi connectivity index (χ4n) is 3.83. The first kappa shape index (κ1) is 15.9. The second-order valence-corrected chi connectivity index (χ2v) is 6.80. The monoisotopic (exact) mass is 343 g/mol. The van der Waals surface area contributed by atoms with Crippen molar-refractivity contribution in [2.45, 2.75) is 45.6 Å². The SMILES string of the molecule is Cc1c(C(=O)N2CCCCC2)oc2c1-c1nn(CC(=O)O)cc1CC2. The van der Waals surface area contributed by atoms with Crippen LogP contribution in [0.1, 0.15) is 46.7 Å². The number of aromatic nitrogens is 2. The molecule has 2 aliphatic rings. The number of aryl methyl sites for hydroxylation is 2. The third-order valence-electron chi connectivity index (χ3n) is 5.05. The lowest BCUT2D eigenvalue weighted by molar-refractivity contribution is -0.137. The Balaban J connectivity index is 1.70. The largest absolute Gasteiger partial charge is 0.480 e. The minimum Gasteiger partial charge on any atom is -0.480 e. The fourth-order valence-corrected chi connectivity index (χ4v) is 3.83. The minimum atomic E-state index is -0.926. The number of carboxylic acids is 1. The number of nitrogens with zero attached hydrogens (tertiary/aromatic N) is 3. The zero-order valence-corrected chi connectivity index (χ0v) is 14.2. The van der Waals surface area contributed by atoms with Gasteiger partial charge in [-0.3, -0.25) is 14.3 Å². The molecule has 0 aromatic carbocycles. The van der Waals surface area contributed by atoms with Crippen LogP contribution in [0.5, 0.6) is 0 Å². The molecule has 1 aliphatic heterocycles. The van der Waals surface area contributed by atoms with Gasteiger partial charge in [0.1, 0.15) is 12.3 Å².